The van der Waals surface area contributed by atoms with Gasteiger partial charge in [-0.3, -0.25) is 0 Å². The van der Waals surface area contributed by atoms with E-state index in [0.717, 1.165) is 25.9 Å². The molecule has 2 saturated heterocycles. The monoisotopic (exact) mass is 318 g/mol. The van der Waals surface area contributed by atoms with Gasteiger partial charge in [0.15, 0.2) is 0 Å². The van der Waals surface area contributed by atoms with Crippen LogP contribution in [0.2, 0.25) is 0 Å². The van der Waals surface area contributed by atoms with Crippen molar-refractivity contribution in [1.29, 1.82) is 0 Å². The Bertz CT molecular complexity index is 466. The summed E-state index contributed by atoms with van der Waals surface area (Å²) in [5.74, 6) is 0. The first-order chi connectivity index (χ1) is 9.92. The molecule has 0 aromatic heterocycles. The molecule has 2 heterocycles. The maximum Gasteiger partial charge on any atom is 0.281 e. The highest BCUT2D eigenvalue weighted by atomic mass is 32.2. The van der Waals surface area contributed by atoms with Gasteiger partial charge in [0.1, 0.15) is 0 Å². The van der Waals surface area contributed by atoms with E-state index in [9.17, 15) is 8.42 Å². The third-order valence-electron chi connectivity index (χ3n) is 4.37. The summed E-state index contributed by atoms with van der Waals surface area (Å²) in [6.45, 7) is 6.39. The largest absolute Gasteiger partial charge is 0.377 e. The molecule has 0 aromatic carbocycles. The molecule has 7 heteroatoms. The standard InChI is InChI=1S/C14H26N2O4S/c1-4-9-19-12-14-7-5-10-20-13(14)6-8-16(11-14)21(17,18)15(2)3/h4,13H,1,5-12H2,2-3H3/t13-,14-/m1/s1. The molecule has 122 valence electrons. The Hall–Kier alpha value is -0.470. The van der Waals surface area contributed by atoms with Crippen LogP contribution >= 0.6 is 0 Å². The van der Waals surface area contributed by atoms with Crippen molar-refractivity contribution >= 4 is 10.2 Å². The number of ether oxygens (including phenoxy) is 2. The summed E-state index contributed by atoms with van der Waals surface area (Å²) >= 11 is 0. The van der Waals surface area contributed by atoms with E-state index in [1.165, 1.54) is 4.31 Å². The minimum Gasteiger partial charge on any atom is -0.377 e. The van der Waals surface area contributed by atoms with Crippen LogP contribution in [0.4, 0.5) is 0 Å². The number of fused-ring (bicyclic) bond motifs is 1. The van der Waals surface area contributed by atoms with Crippen molar-refractivity contribution in [1.82, 2.24) is 8.61 Å². The number of hydrogen-bond acceptors (Lipinski definition) is 4. The fraction of sp³-hybridized carbons (Fsp3) is 0.857. The average molecular weight is 318 g/mol. The highest BCUT2D eigenvalue weighted by molar-refractivity contribution is 7.86. The van der Waals surface area contributed by atoms with Gasteiger partial charge in [-0.15, -0.1) is 6.58 Å². The Morgan fingerprint density at radius 2 is 2.29 bits per heavy atom. The maximum absolute atomic E-state index is 12.4. The lowest BCUT2D eigenvalue weighted by atomic mass is 9.73. The molecule has 0 amide bonds. The van der Waals surface area contributed by atoms with Gasteiger partial charge in [-0.1, -0.05) is 6.08 Å². The van der Waals surface area contributed by atoms with Gasteiger partial charge in [0.25, 0.3) is 10.2 Å². The van der Waals surface area contributed by atoms with Crippen LogP contribution in [-0.4, -0.2) is 70.1 Å². The third-order valence-corrected chi connectivity index (χ3v) is 6.25. The molecule has 2 aliphatic rings. The van der Waals surface area contributed by atoms with Crippen molar-refractivity contribution in [3.8, 4) is 0 Å². The second-order valence-corrected chi connectivity index (χ2v) is 8.18. The molecule has 6 nitrogen and oxygen atoms in total. The Morgan fingerprint density at radius 3 is 2.95 bits per heavy atom. The third kappa shape index (κ3) is 3.48. The van der Waals surface area contributed by atoms with Crippen molar-refractivity contribution in [2.45, 2.75) is 25.4 Å². The summed E-state index contributed by atoms with van der Waals surface area (Å²) in [6.07, 6.45) is 4.42. The summed E-state index contributed by atoms with van der Waals surface area (Å²) in [5.41, 5.74) is -0.234. The predicted molar refractivity (Wildman–Crippen MR) is 81.2 cm³/mol. The molecule has 0 aliphatic carbocycles. The van der Waals surface area contributed by atoms with Gasteiger partial charge in [-0.2, -0.15) is 17.0 Å². The molecular formula is C14H26N2O4S. The first-order valence-electron chi connectivity index (χ1n) is 7.40. The molecular weight excluding hydrogens is 292 g/mol. The zero-order valence-electron chi connectivity index (χ0n) is 13.0. The van der Waals surface area contributed by atoms with Crippen LogP contribution in [0, 0.1) is 5.41 Å². The molecule has 21 heavy (non-hydrogen) atoms. The zero-order valence-corrected chi connectivity index (χ0v) is 13.8. The van der Waals surface area contributed by atoms with E-state index >= 15 is 0 Å². The van der Waals surface area contributed by atoms with Gasteiger partial charge in [0, 0.05) is 39.2 Å². The molecule has 2 fully saturated rings. The molecule has 0 spiro atoms. The van der Waals surface area contributed by atoms with Crippen LogP contribution < -0.4 is 0 Å². The average Bonchev–Trinajstić information content (AvgIpc) is 2.46. The number of hydrogen-bond donors (Lipinski definition) is 0. The Morgan fingerprint density at radius 1 is 1.52 bits per heavy atom. The molecule has 0 radical (unpaired) electrons. The Balaban J connectivity index is 2.16. The van der Waals surface area contributed by atoms with Crippen LogP contribution in [0.5, 0.6) is 0 Å². The highest BCUT2D eigenvalue weighted by Gasteiger charge is 2.48. The second kappa shape index (κ2) is 6.75. The van der Waals surface area contributed by atoms with Gasteiger partial charge in [-0.25, -0.2) is 0 Å². The molecule has 0 unspecified atom stereocenters. The van der Waals surface area contributed by atoms with Crippen LogP contribution in [0.3, 0.4) is 0 Å². The van der Waals surface area contributed by atoms with Crippen LogP contribution in [0.1, 0.15) is 19.3 Å². The van der Waals surface area contributed by atoms with Crippen molar-refractivity contribution in [3.63, 3.8) is 0 Å². The fourth-order valence-corrected chi connectivity index (χ4v) is 4.45. The normalized spacial score (nSPS) is 31.1. The minimum absolute atomic E-state index is 0.0877. The highest BCUT2D eigenvalue weighted by Crippen LogP contribution is 2.41. The number of piperidine rings is 1. The van der Waals surface area contributed by atoms with E-state index in [1.54, 1.807) is 24.5 Å². The summed E-state index contributed by atoms with van der Waals surface area (Å²) < 4.78 is 39.2. The molecule has 0 bridgehead atoms. The predicted octanol–water partition coefficient (Wildman–Crippen LogP) is 0.867. The van der Waals surface area contributed by atoms with Crippen molar-refractivity contribution in [3.05, 3.63) is 12.7 Å². The smallest absolute Gasteiger partial charge is 0.281 e. The molecule has 0 N–H and O–H groups in total. The topological polar surface area (TPSA) is 59.1 Å². The van der Waals surface area contributed by atoms with E-state index in [-0.39, 0.29) is 11.5 Å². The maximum atomic E-state index is 12.4. The Kier molecular flexibility index (Phi) is 5.43. The van der Waals surface area contributed by atoms with Gasteiger partial charge < -0.3 is 9.47 Å². The number of rotatable bonds is 6. The SMILES string of the molecule is C=CCOC[C@]12CCCO[C@@H]1CCN(S(=O)(=O)N(C)C)C2. The van der Waals surface area contributed by atoms with Crippen LogP contribution in [0.15, 0.2) is 12.7 Å². The summed E-state index contributed by atoms with van der Waals surface area (Å²) in [7, 11) is -0.246. The Labute approximate surface area is 127 Å². The van der Waals surface area contributed by atoms with Gasteiger partial charge in [0.05, 0.1) is 19.3 Å². The lowest BCUT2D eigenvalue weighted by Crippen LogP contribution is -2.59. The fourth-order valence-electron chi connectivity index (χ4n) is 3.23. The first-order valence-corrected chi connectivity index (χ1v) is 8.80. The van der Waals surface area contributed by atoms with Crippen LogP contribution in [-0.2, 0) is 19.7 Å². The first kappa shape index (κ1) is 16.9. The van der Waals surface area contributed by atoms with Gasteiger partial charge >= 0.3 is 0 Å². The number of nitrogens with zero attached hydrogens (tertiary/aromatic N) is 2. The second-order valence-electron chi connectivity index (χ2n) is 6.04. The molecule has 2 rings (SSSR count). The van der Waals surface area contributed by atoms with Crippen LogP contribution in [0.25, 0.3) is 0 Å². The van der Waals surface area contributed by atoms with E-state index in [2.05, 4.69) is 6.58 Å². The van der Waals surface area contributed by atoms with Crippen molar-refractivity contribution < 1.29 is 17.9 Å². The van der Waals surface area contributed by atoms with Crippen molar-refractivity contribution in [2.24, 2.45) is 5.41 Å². The zero-order chi connectivity index (χ0) is 15.5. The van der Waals surface area contributed by atoms with E-state index in [1.807, 2.05) is 0 Å². The molecule has 0 saturated carbocycles. The quantitative estimate of drug-likeness (QED) is 0.538. The minimum atomic E-state index is -3.38. The van der Waals surface area contributed by atoms with E-state index in [4.69, 9.17) is 9.47 Å². The van der Waals surface area contributed by atoms with Gasteiger partial charge in [-0.05, 0) is 19.3 Å². The molecule has 0 aromatic rings. The van der Waals surface area contributed by atoms with E-state index < -0.39 is 10.2 Å². The van der Waals surface area contributed by atoms with Gasteiger partial charge in [0.2, 0.25) is 0 Å². The lowest BCUT2D eigenvalue weighted by molar-refractivity contribution is -0.140. The lowest BCUT2D eigenvalue weighted by Gasteiger charge is -2.50. The molecule has 2 aliphatic heterocycles. The van der Waals surface area contributed by atoms with Crippen molar-refractivity contribution in [2.75, 3.05) is 47.0 Å². The molecule has 2 atom stereocenters. The van der Waals surface area contributed by atoms with E-state index in [0.29, 0.717) is 26.3 Å². The summed E-state index contributed by atoms with van der Waals surface area (Å²) in [5, 5.41) is 0. The summed E-state index contributed by atoms with van der Waals surface area (Å²) in [6, 6.07) is 0. The summed E-state index contributed by atoms with van der Waals surface area (Å²) in [4.78, 5) is 0.